The molecule has 0 aromatic heterocycles. The molecule has 0 unspecified atom stereocenters. The molecule has 132 valence electrons. The summed E-state index contributed by atoms with van der Waals surface area (Å²) in [5, 5.41) is 6.85. The highest BCUT2D eigenvalue weighted by molar-refractivity contribution is 14.0. The summed E-state index contributed by atoms with van der Waals surface area (Å²) < 4.78 is 0. The van der Waals surface area contributed by atoms with Crippen LogP contribution in [0.1, 0.15) is 31.9 Å². The van der Waals surface area contributed by atoms with Gasteiger partial charge in [0.25, 0.3) is 0 Å². The molecule has 1 rings (SSSR count). The van der Waals surface area contributed by atoms with Crippen molar-refractivity contribution in [3.63, 3.8) is 0 Å². The molecule has 0 amide bonds. The van der Waals surface area contributed by atoms with Crippen molar-refractivity contribution in [2.24, 2.45) is 10.4 Å². The largest absolute Gasteiger partial charge is 0.356 e. The van der Waals surface area contributed by atoms with Crippen LogP contribution in [0.2, 0.25) is 0 Å². The summed E-state index contributed by atoms with van der Waals surface area (Å²) >= 11 is 0. The average molecular weight is 432 g/mol. The zero-order valence-electron chi connectivity index (χ0n) is 15.4. The Morgan fingerprint density at radius 2 is 1.74 bits per heavy atom. The summed E-state index contributed by atoms with van der Waals surface area (Å²) in [7, 11) is 6.03. The normalized spacial score (nSPS) is 12.0. The molecule has 0 aliphatic heterocycles. The highest BCUT2D eigenvalue weighted by Crippen LogP contribution is 2.14. The van der Waals surface area contributed by atoms with Crippen LogP contribution in [0.5, 0.6) is 0 Å². The number of aliphatic imine (C=N–C) groups is 1. The molecule has 0 aliphatic carbocycles. The molecule has 0 saturated heterocycles. The fourth-order valence-electron chi connectivity index (χ4n) is 2.71. The number of nitrogens with one attached hydrogen (secondary N) is 2. The molecular formula is C18H33IN4. The predicted octanol–water partition coefficient (Wildman–Crippen LogP) is 3.12. The van der Waals surface area contributed by atoms with E-state index >= 15 is 0 Å². The van der Waals surface area contributed by atoms with E-state index in [0.717, 1.165) is 32.0 Å². The number of halogens is 1. The maximum Gasteiger partial charge on any atom is 0.191 e. The van der Waals surface area contributed by atoms with Crippen molar-refractivity contribution in [2.75, 3.05) is 34.2 Å². The van der Waals surface area contributed by atoms with Gasteiger partial charge in [-0.05, 0) is 37.1 Å². The number of rotatable bonds is 7. The lowest BCUT2D eigenvalue weighted by Gasteiger charge is -2.29. The molecule has 0 fully saturated rings. The molecule has 1 aromatic carbocycles. The Balaban J connectivity index is 0.00000484. The number of nitrogens with zero attached hydrogens (tertiary/aromatic N) is 2. The van der Waals surface area contributed by atoms with Gasteiger partial charge < -0.3 is 15.5 Å². The second-order valence-corrected chi connectivity index (χ2v) is 6.80. The minimum Gasteiger partial charge on any atom is -0.356 e. The van der Waals surface area contributed by atoms with Crippen LogP contribution in [0.15, 0.2) is 29.3 Å². The number of aryl methyl sites for hydroxylation is 1. The minimum absolute atomic E-state index is 0. The van der Waals surface area contributed by atoms with Gasteiger partial charge in [0, 0.05) is 26.7 Å². The Labute approximate surface area is 159 Å². The van der Waals surface area contributed by atoms with Crippen molar-refractivity contribution >= 4 is 29.9 Å². The minimum atomic E-state index is 0. The lowest BCUT2D eigenvalue weighted by Crippen LogP contribution is -2.44. The molecule has 5 heteroatoms. The maximum atomic E-state index is 4.32. The lowest BCUT2D eigenvalue weighted by molar-refractivity contribution is 0.241. The van der Waals surface area contributed by atoms with Crippen molar-refractivity contribution in [3.8, 4) is 0 Å². The number of hydrogen-bond acceptors (Lipinski definition) is 2. The van der Waals surface area contributed by atoms with Crippen LogP contribution in [0.4, 0.5) is 0 Å². The van der Waals surface area contributed by atoms with Gasteiger partial charge in [0.1, 0.15) is 0 Å². The van der Waals surface area contributed by atoms with Gasteiger partial charge in [-0.15, -0.1) is 24.0 Å². The molecule has 0 spiro atoms. The van der Waals surface area contributed by atoms with Crippen molar-refractivity contribution in [2.45, 2.75) is 33.7 Å². The van der Waals surface area contributed by atoms with Crippen LogP contribution in [0.3, 0.4) is 0 Å². The Bertz CT molecular complexity index is 484. The van der Waals surface area contributed by atoms with Crippen molar-refractivity contribution in [1.82, 2.24) is 15.5 Å². The monoisotopic (exact) mass is 432 g/mol. The van der Waals surface area contributed by atoms with Crippen molar-refractivity contribution in [1.29, 1.82) is 0 Å². The summed E-state index contributed by atoms with van der Waals surface area (Å²) in [4.78, 5) is 6.54. The molecule has 0 heterocycles. The molecule has 1 aromatic rings. The fourth-order valence-corrected chi connectivity index (χ4v) is 2.71. The number of benzene rings is 1. The molecule has 0 bridgehead atoms. The topological polar surface area (TPSA) is 39.7 Å². The van der Waals surface area contributed by atoms with Crippen molar-refractivity contribution < 1.29 is 0 Å². The molecule has 23 heavy (non-hydrogen) atoms. The van der Waals surface area contributed by atoms with Gasteiger partial charge in [-0.25, -0.2) is 0 Å². The van der Waals surface area contributed by atoms with Crippen LogP contribution in [-0.2, 0) is 13.0 Å². The van der Waals surface area contributed by atoms with Crippen LogP contribution in [0.25, 0.3) is 0 Å². The molecule has 2 N–H and O–H groups in total. The highest BCUT2D eigenvalue weighted by atomic mass is 127. The lowest BCUT2D eigenvalue weighted by atomic mass is 9.93. The van der Waals surface area contributed by atoms with Crippen molar-refractivity contribution in [3.05, 3.63) is 35.4 Å². The highest BCUT2D eigenvalue weighted by Gasteiger charge is 2.19. The molecule has 4 nitrogen and oxygen atoms in total. The van der Waals surface area contributed by atoms with Gasteiger partial charge in [0.2, 0.25) is 0 Å². The van der Waals surface area contributed by atoms with Crippen LogP contribution >= 0.6 is 24.0 Å². The summed E-state index contributed by atoms with van der Waals surface area (Å²) in [6, 6.07) is 8.55. The average Bonchev–Trinajstić information content (AvgIpc) is 2.46. The first-order chi connectivity index (χ1) is 10.4. The molecule has 0 atom stereocenters. The zero-order chi connectivity index (χ0) is 16.6. The standard InChI is InChI=1S/C18H32N4.HI/c1-7-15-10-8-9-11-16(15)12-20-17(19-4)21-13-18(2,3)14-22(5)6;/h8-11H,7,12-14H2,1-6H3,(H2,19,20,21);1H. The fraction of sp³-hybridized carbons (Fsp3) is 0.611. The van der Waals surface area contributed by atoms with E-state index in [0.29, 0.717) is 0 Å². The van der Waals surface area contributed by atoms with Crippen LogP contribution in [-0.4, -0.2) is 45.1 Å². The van der Waals surface area contributed by atoms with Crippen LogP contribution < -0.4 is 10.6 Å². The Hall–Kier alpha value is -0.820. The Morgan fingerprint density at radius 3 is 2.26 bits per heavy atom. The first-order valence-corrected chi connectivity index (χ1v) is 8.04. The van der Waals surface area contributed by atoms with E-state index in [1.165, 1.54) is 11.1 Å². The van der Waals surface area contributed by atoms with Crippen LogP contribution in [0, 0.1) is 5.41 Å². The van der Waals surface area contributed by atoms with Gasteiger partial charge in [0.15, 0.2) is 5.96 Å². The SMILES string of the molecule is CCc1ccccc1CNC(=NC)NCC(C)(C)CN(C)C.I. The second-order valence-electron chi connectivity index (χ2n) is 6.80. The van der Waals surface area contributed by atoms with E-state index < -0.39 is 0 Å². The molecular weight excluding hydrogens is 399 g/mol. The van der Waals surface area contributed by atoms with Gasteiger partial charge in [-0.3, -0.25) is 4.99 Å². The molecule has 0 saturated carbocycles. The number of hydrogen-bond donors (Lipinski definition) is 2. The summed E-state index contributed by atoms with van der Waals surface area (Å²) in [5.74, 6) is 0.859. The van der Waals surface area contributed by atoms with Gasteiger partial charge >= 0.3 is 0 Å². The van der Waals surface area contributed by atoms with Gasteiger partial charge in [0.05, 0.1) is 0 Å². The summed E-state index contributed by atoms with van der Waals surface area (Å²) in [6.07, 6.45) is 1.06. The van der Waals surface area contributed by atoms with E-state index in [1.807, 2.05) is 7.05 Å². The van der Waals surface area contributed by atoms with E-state index in [2.05, 4.69) is 79.7 Å². The van der Waals surface area contributed by atoms with E-state index in [9.17, 15) is 0 Å². The van der Waals surface area contributed by atoms with E-state index in [1.54, 1.807) is 0 Å². The third-order valence-electron chi connectivity index (χ3n) is 3.65. The summed E-state index contributed by atoms with van der Waals surface area (Å²) in [5.41, 5.74) is 2.92. The summed E-state index contributed by atoms with van der Waals surface area (Å²) in [6.45, 7) is 9.45. The third kappa shape index (κ3) is 8.55. The predicted molar refractivity (Wildman–Crippen MR) is 112 cm³/mol. The number of guanidine groups is 1. The van der Waals surface area contributed by atoms with Gasteiger partial charge in [-0.1, -0.05) is 45.0 Å². The smallest absolute Gasteiger partial charge is 0.191 e. The maximum absolute atomic E-state index is 4.32. The Kier molecular flexibility index (Phi) is 10.5. The van der Waals surface area contributed by atoms with Gasteiger partial charge in [-0.2, -0.15) is 0 Å². The third-order valence-corrected chi connectivity index (χ3v) is 3.65. The Morgan fingerprint density at radius 1 is 1.13 bits per heavy atom. The zero-order valence-corrected chi connectivity index (χ0v) is 17.8. The molecule has 0 radical (unpaired) electrons. The quantitative estimate of drug-likeness (QED) is 0.395. The second kappa shape index (κ2) is 10.9. The molecule has 0 aliphatic rings. The first kappa shape index (κ1) is 22.2. The van der Waals surface area contributed by atoms with E-state index in [4.69, 9.17) is 0 Å². The first-order valence-electron chi connectivity index (χ1n) is 8.04. The van der Waals surface area contributed by atoms with E-state index in [-0.39, 0.29) is 29.4 Å².